The zero-order valence-electron chi connectivity index (χ0n) is 12.2. The van der Waals surface area contributed by atoms with Crippen molar-refractivity contribution < 1.29 is 4.74 Å². The van der Waals surface area contributed by atoms with Gasteiger partial charge in [0.05, 0.1) is 17.3 Å². The zero-order chi connectivity index (χ0) is 14.4. The molecule has 0 aliphatic carbocycles. The molecule has 20 heavy (non-hydrogen) atoms. The summed E-state index contributed by atoms with van der Waals surface area (Å²) in [7, 11) is 1.71. The second kappa shape index (κ2) is 8.13. The molecule has 5 heteroatoms. The molecule has 1 unspecified atom stereocenters. The lowest BCUT2D eigenvalue weighted by Gasteiger charge is -2.35. The Balaban J connectivity index is 1.98. The van der Waals surface area contributed by atoms with Crippen molar-refractivity contribution in [1.29, 1.82) is 0 Å². The van der Waals surface area contributed by atoms with Crippen molar-refractivity contribution in [3.63, 3.8) is 0 Å². The summed E-state index contributed by atoms with van der Waals surface area (Å²) >= 11 is 8.49. The van der Waals surface area contributed by atoms with Crippen LogP contribution in [0.25, 0.3) is 0 Å². The number of anilines is 1. The largest absolute Gasteiger partial charge is 0.383 e. The van der Waals surface area contributed by atoms with Crippen molar-refractivity contribution in [3.8, 4) is 0 Å². The zero-order valence-corrected chi connectivity index (χ0v) is 13.8. The Morgan fingerprint density at radius 3 is 3.05 bits per heavy atom. The summed E-state index contributed by atoms with van der Waals surface area (Å²) in [6.45, 7) is 5.76. The molecule has 0 bridgehead atoms. The first kappa shape index (κ1) is 16.0. The van der Waals surface area contributed by atoms with Crippen LogP contribution in [0.15, 0.2) is 18.2 Å². The first-order valence-electron chi connectivity index (χ1n) is 7.05. The van der Waals surface area contributed by atoms with Crippen molar-refractivity contribution in [3.05, 3.63) is 28.8 Å². The predicted molar refractivity (Wildman–Crippen MR) is 89.2 cm³/mol. The van der Waals surface area contributed by atoms with Gasteiger partial charge in [-0.3, -0.25) is 0 Å². The first-order chi connectivity index (χ1) is 9.72. The Kier molecular flexibility index (Phi) is 6.49. The van der Waals surface area contributed by atoms with Gasteiger partial charge in [0.25, 0.3) is 0 Å². The van der Waals surface area contributed by atoms with E-state index in [0.29, 0.717) is 6.04 Å². The van der Waals surface area contributed by atoms with Crippen molar-refractivity contribution >= 4 is 29.1 Å². The summed E-state index contributed by atoms with van der Waals surface area (Å²) in [5.74, 6) is 2.36. The molecule has 1 saturated heterocycles. The van der Waals surface area contributed by atoms with Gasteiger partial charge in [-0.1, -0.05) is 17.7 Å². The van der Waals surface area contributed by atoms with Gasteiger partial charge in [-0.2, -0.15) is 11.8 Å². The highest BCUT2D eigenvalue weighted by Crippen LogP contribution is 2.31. The summed E-state index contributed by atoms with van der Waals surface area (Å²) in [6.07, 6.45) is 0. The first-order valence-corrected chi connectivity index (χ1v) is 8.58. The number of methoxy groups -OCH3 is 1. The molecular weight excluding hydrogens is 292 g/mol. The normalized spacial score (nSPS) is 19.4. The lowest BCUT2D eigenvalue weighted by molar-refractivity contribution is 0.199. The minimum atomic E-state index is 0.553. The van der Waals surface area contributed by atoms with Crippen LogP contribution in [-0.4, -0.2) is 44.4 Å². The van der Waals surface area contributed by atoms with Crippen LogP contribution in [0.2, 0.25) is 5.02 Å². The molecule has 0 radical (unpaired) electrons. The van der Waals surface area contributed by atoms with Crippen molar-refractivity contribution in [2.24, 2.45) is 0 Å². The van der Waals surface area contributed by atoms with Crippen LogP contribution in [0.4, 0.5) is 5.69 Å². The second-order valence-electron chi connectivity index (χ2n) is 5.07. The van der Waals surface area contributed by atoms with Crippen molar-refractivity contribution in [2.45, 2.75) is 19.5 Å². The lowest BCUT2D eigenvalue weighted by Crippen LogP contribution is -2.40. The van der Waals surface area contributed by atoms with E-state index in [4.69, 9.17) is 16.3 Å². The number of thioether (sulfide) groups is 1. The van der Waals surface area contributed by atoms with Crippen molar-refractivity contribution in [2.75, 3.05) is 43.2 Å². The molecule has 1 atom stereocenters. The van der Waals surface area contributed by atoms with E-state index in [1.54, 1.807) is 7.11 Å². The summed E-state index contributed by atoms with van der Waals surface area (Å²) in [4.78, 5) is 2.42. The molecule has 112 valence electrons. The summed E-state index contributed by atoms with van der Waals surface area (Å²) < 4.78 is 5.02. The average Bonchev–Trinajstić information content (AvgIpc) is 2.45. The highest BCUT2D eigenvalue weighted by Gasteiger charge is 2.20. The maximum Gasteiger partial charge on any atom is 0.0642 e. The summed E-state index contributed by atoms with van der Waals surface area (Å²) in [5, 5.41) is 4.19. The third-order valence-electron chi connectivity index (χ3n) is 3.50. The molecule has 0 amide bonds. The monoisotopic (exact) mass is 314 g/mol. The number of rotatable bonds is 6. The van der Waals surface area contributed by atoms with Gasteiger partial charge in [-0.15, -0.1) is 0 Å². The lowest BCUT2D eigenvalue weighted by atomic mass is 10.1. The molecule has 1 N–H and O–H groups in total. The quantitative estimate of drug-likeness (QED) is 0.816. The summed E-state index contributed by atoms with van der Waals surface area (Å²) in [6, 6.07) is 6.94. The van der Waals surface area contributed by atoms with E-state index in [0.717, 1.165) is 31.3 Å². The molecule has 3 nitrogen and oxygen atoms in total. The SMILES string of the molecule is COCCNCc1ccc(N2CCSCC2C)c(Cl)c1. The number of nitrogens with zero attached hydrogens (tertiary/aromatic N) is 1. The summed E-state index contributed by atoms with van der Waals surface area (Å²) in [5.41, 5.74) is 2.38. The van der Waals surface area contributed by atoms with Crippen LogP contribution < -0.4 is 10.2 Å². The standard InChI is InChI=1S/C15H23ClN2OS/c1-12-11-20-8-6-18(12)15-4-3-13(9-14(15)16)10-17-5-7-19-2/h3-4,9,12,17H,5-8,10-11H2,1-2H3. The number of hydrogen-bond donors (Lipinski definition) is 1. The van der Waals surface area contributed by atoms with Gasteiger partial charge >= 0.3 is 0 Å². The number of halogens is 1. The third-order valence-corrected chi connectivity index (χ3v) is 4.99. The van der Waals surface area contributed by atoms with Gasteiger partial charge < -0.3 is 15.0 Å². The van der Waals surface area contributed by atoms with Crippen LogP contribution in [0.3, 0.4) is 0 Å². The highest BCUT2D eigenvalue weighted by molar-refractivity contribution is 7.99. The Bertz CT molecular complexity index is 430. The van der Waals surface area contributed by atoms with E-state index in [2.05, 4.69) is 35.3 Å². The fourth-order valence-electron chi connectivity index (χ4n) is 2.39. The van der Waals surface area contributed by atoms with E-state index >= 15 is 0 Å². The Labute approximate surface area is 131 Å². The molecule has 0 spiro atoms. The minimum Gasteiger partial charge on any atom is -0.383 e. The topological polar surface area (TPSA) is 24.5 Å². The Morgan fingerprint density at radius 1 is 1.50 bits per heavy atom. The van der Waals surface area contributed by atoms with Gasteiger partial charge in [0.15, 0.2) is 0 Å². The van der Waals surface area contributed by atoms with E-state index in [1.165, 1.54) is 22.8 Å². The van der Waals surface area contributed by atoms with E-state index < -0.39 is 0 Å². The molecule has 2 rings (SSSR count). The van der Waals surface area contributed by atoms with E-state index in [9.17, 15) is 0 Å². The molecule has 1 heterocycles. The maximum absolute atomic E-state index is 6.47. The Morgan fingerprint density at radius 2 is 2.35 bits per heavy atom. The number of nitrogens with one attached hydrogen (secondary N) is 1. The molecule has 1 aromatic rings. The van der Waals surface area contributed by atoms with Gasteiger partial charge in [0.2, 0.25) is 0 Å². The van der Waals surface area contributed by atoms with Crippen LogP contribution in [0.1, 0.15) is 12.5 Å². The minimum absolute atomic E-state index is 0.553. The van der Waals surface area contributed by atoms with Crippen LogP contribution >= 0.6 is 23.4 Å². The van der Waals surface area contributed by atoms with Gasteiger partial charge in [-0.25, -0.2) is 0 Å². The average molecular weight is 315 g/mol. The maximum atomic E-state index is 6.47. The second-order valence-corrected chi connectivity index (χ2v) is 6.63. The molecule has 0 aromatic heterocycles. The highest BCUT2D eigenvalue weighted by atomic mass is 35.5. The van der Waals surface area contributed by atoms with Crippen LogP contribution in [0, 0.1) is 0 Å². The molecule has 1 aliphatic heterocycles. The fraction of sp³-hybridized carbons (Fsp3) is 0.600. The van der Waals surface area contributed by atoms with Gasteiger partial charge in [0.1, 0.15) is 0 Å². The van der Waals surface area contributed by atoms with Crippen LogP contribution in [0.5, 0.6) is 0 Å². The molecule has 0 saturated carbocycles. The Hall–Kier alpha value is -0.420. The van der Waals surface area contributed by atoms with Gasteiger partial charge in [-0.05, 0) is 24.6 Å². The van der Waals surface area contributed by atoms with Gasteiger partial charge in [0, 0.05) is 44.3 Å². The smallest absolute Gasteiger partial charge is 0.0642 e. The van der Waals surface area contributed by atoms with E-state index in [-0.39, 0.29) is 0 Å². The third kappa shape index (κ3) is 4.29. The molecule has 1 aliphatic rings. The molecule has 1 fully saturated rings. The van der Waals surface area contributed by atoms with E-state index in [1.807, 2.05) is 11.8 Å². The number of hydrogen-bond acceptors (Lipinski definition) is 4. The van der Waals surface area contributed by atoms with Crippen molar-refractivity contribution in [1.82, 2.24) is 5.32 Å². The molecular formula is C15H23ClN2OS. The predicted octanol–water partition coefficient (Wildman–Crippen LogP) is 3.02. The number of benzene rings is 1. The molecule has 1 aromatic carbocycles. The fourth-order valence-corrected chi connectivity index (χ4v) is 3.71. The number of ether oxygens (including phenoxy) is 1. The van der Waals surface area contributed by atoms with Crippen LogP contribution in [-0.2, 0) is 11.3 Å².